The van der Waals surface area contributed by atoms with Crippen molar-refractivity contribution >= 4 is 5.69 Å². The fraction of sp³-hybridized carbons (Fsp3) is 0.500. The van der Waals surface area contributed by atoms with E-state index in [1.807, 2.05) is 28.9 Å². The van der Waals surface area contributed by atoms with Crippen LogP contribution in [0, 0.1) is 5.92 Å². The molecule has 1 aliphatic rings. The van der Waals surface area contributed by atoms with Crippen molar-refractivity contribution < 1.29 is 0 Å². The Kier molecular flexibility index (Phi) is 3.44. The summed E-state index contributed by atoms with van der Waals surface area (Å²) >= 11 is 0. The van der Waals surface area contributed by atoms with Crippen molar-refractivity contribution in [1.82, 2.24) is 20.2 Å². The van der Waals surface area contributed by atoms with E-state index in [-0.39, 0.29) is 0 Å². The van der Waals surface area contributed by atoms with Crippen molar-refractivity contribution in [2.24, 2.45) is 5.92 Å². The van der Waals surface area contributed by atoms with E-state index in [2.05, 4.69) is 15.5 Å². The molecule has 0 radical (unpaired) electrons. The van der Waals surface area contributed by atoms with Crippen LogP contribution in [0.25, 0.3) is 11.4 Å². The van der Waals surface area contributed by atoms with E-state index in [0.717, 1.165) is 29.5 Å². The quantitative estimate of drug-likeness (QED) is 0.854. The zero-order valence-corrected chi connectivity index (χ0v) is 11.0. The van der Waals surface area contributed by atoms with Crippen molar-refractivity contribution in [3.05, 3.63) is 24.3 Å². The molecule has 0 atom stereocenters. The van der Waals surface area contributed by atoms with Crippen LogP contribution in [0.5, 0.6) is 0 Å². The minimum Gasteiger partial charge on any atom is -0.399 e. The highest BCUT2D eigenvalue weighted by Gasteiger charge is 2.16. The maximum Gasteiger partial charge on any atom is 0.182 e. The minimum atomic E-state index is 0.758. The van der Waals surface area contributed by atoms with E-state index >= 15 is 0 Å². The molecule has 2 aromatic rings. The number of hydrogen-bond acceptors (Lipinski definition) is 4. The highest BCUT2D eigenvalue weighted by Crippen LogP contribution is 2.28. The second kappa shape index (κ2) is 5.38. The molecule has 0 bridgehead atoms. The molecular formula is C14H19N5. The highest BCUT2D eigenvalue weighted by atomic mass is 15.5. The number of anilines is 1. The normalized spacial score (nSPS) is 16.0. The van der Waals surface area contributed by atoms with Gasteiger partial charge in [0.05, 0.1) is 0 Å². The number of aryl methyl sites for hydroxylation is 1. The molecule has 0 aliphatic heterocycles. The highest BCUT2D eigenvalue weighted by molar-refractivity contribution is 5.58. The third-order valence-electron chi connectivity index (χ3n) is 3.92. The third-order valence-corrected chi connectivity index (χ3v) is 3.92. The van der Waals surface area contributed by atoms with Gasteiger partial charge in [-0.1, -0.05) is 25.7 Å². The molecule has 19 heavy (non-hydrogen) atoms. The van der Waals surface area contributed by atoms with Crippen LogP contribution in [0.1, 0.15) is 32.1 Å². The molecule has 0 spiro atoms. The van der Waals surface area contributed by atoms with E-state index in [4.69, 9.17) is 5.73 Å². The van der Waals surface area contributed by atoms with Crippen LogP contribution in [0.2, 0.25) is 0 Å². The summed E-state index contributed by atoms with van der Waals surface area (Å²) in [5.41, 5.74) is 7.48. The first-order valence-corrected chi connectivity index (χ1v) is 6.95. The van der Waals surface area contributed by atoms with Crippen molar-refractivity contribution in [1.29, 1.82) is 0 Å². The summed E-state index contributed by atoms with van der Waals surface area (Å²) in [4.78, 5) is 0. The number of nitrogens with zero attached hydrogens (tertiary/aromatic N) is 4. The molecule has 5 nitrogen and oxygen atoms in total. The van der Waals surface area contributed by atoms with Crippen LogP contribution < -0.4 is 5.73 Å². The average Bonchev–Trinajstić information content (AvgIpc) is 3.08. The van der Waals surface area contributed by atoms with Gasteiger partial charge in [-0.15, -0.1) is 5.10 Å². The Morgan fingerprint density at radius 3 is 2.63 bits per heavy atom. The number of nitrogens with two attached hydrogens (primary N) is 1. The van der Waals surface area contributed by atoms with Gasteiger partial charge >= 0.3 is 0 Å². The zero-order valence-electron chi connectivity index (χ0n) is 11.0. The molecule has 0 amide bonds. The lowest BCUT2D eigenvalue weighted by Gasteiger charge is -2.09. The lowest BCUT2D eigenvalue weighted by Crippen LogP contribution is -2.07. The summed E-state index contributed by atoms with van der Waals surface area (Å²) in [6, 6.07) is 7.69. The number of benzene rings is 1. The number of tetrazole rings is 1. The van der Waals surface area contributed by atoms with Gasteiger partial charge in [0, 0.05) is 17.8 Å². The van der Waals surface area contributed by atoms with Crippen LogP contribution in [-0.2, 0) is 6.54 Å². The first kappa shape index (κ1) is 12.1. The Morgan fingerprint density at radius 1 is 1.16 bits per heavy atom. The summed E-state index contributed by atoms with van der Waals surface area (Å²) in [6.45, 7) is 0.900. The van der Waals surface area contributed by atoms with Crippen LogP contribution in [0.3, 0.4) is 0 Å². The number of nitrogen functional groups attached to an aromatic ring is 1. The van der Waals surface area contributed by atoms with E-state index in [0.29, 0.717) is 0 Å². The van der Waals surface area contributed by atoms with Gasteiger partial charge in [-0.25, -0.2) is 4.68 Å². The number of aromatic nitrogens is 4. The molecule has 3 rings (SSSR count). The molecule has 1 heterocycles. The van der Waals surface area contributed by atoms with Crippen LogP contribution in [-0.4, -0.2) is 20.2 Å². The van der Waals surface area contributed by atoms with Crippen LogP contribution in [0.15, 0.2) is 24.3 Å². The summed E-state index contributed by atoms with van der Waals surface area (Å²) in [6.07, 6.45) is 6.65. The monoisotopic (exact) mass is 257 g/mol. The molecule has 1 saturated carbocycles. The molecule has 5 heteroatoms. The maximum atomic E-state index is 5.70. The van der Waals surface area contributed by atoms with Gasteiger partial charge in [0.25, 0.3) is 0 Å². The van der Waals surface area contributed by atoms with E-state index < -0.39 is 0 Å². The van der Waals surface area contributed by atoms with Gasteiger partial charge in [0.1, 0.15) is 0 Å². The van der Waals surface area contributed by atoms with E-state index in [1.165, 1.54) is 32.1 Å². The first-order valence-electron chi connectivity index (χ1n) is 6.95. The van der Waals surface area contributed by atoms with Gasteiger partial charge in [-0.3, -0.25) is 0 Å². The second-order valence-corrected chi connectivity index (χ2v) is 5.29. The van der Waals surface area contributed by atoms with Crippen molar-refractivity contribution in [2.75, 3.05) is 5.73 Å². The maximum absolute atomic E-state index is 5.70. The molecule has 1 fully saturated rings. The standard InChI is InChI=1S/C14H19N5/c15-13-7-5-12(6-8-13)14-16-17-18-19(14)10-9-11-3-1-2-4-11/h5-8,11H,1-4,9-10,15H2. The number of hydrogen-bond donors (Lipinski definition) is 1. The van der Waals surface area contributed by atoms with Crippen molar-refractivity contribution in [3.8, 4) is 11.4 Å². The van der Waals surface area contributed by atoms with Crippen molar-refractivity contribution in [3.63, 3.8) is 0 Å². The van der Waals surface area contributed by atoms with E-state index in [9.17, 15) is 0 Å². The topological polar surface area (TPSA) is 69.6 Å². The average molecular weight is 257 g/mol. The molecule has 0 unspecified atom stereocenters. The Morgan fingerprint density at radius 2 is 1.89 bits per heavy atom. The van der Waals surface area contributed by atoms with Gasteiger partial charge in [-0.2, -0.15) is 0 Å². The van der Waals surface area contributed by atoms with Crippen LogP contribution >= 0.6 is 0 Å². The molecule has 1 aliphatic carbocycles. The summed E-state index contributed by atoms with van der Waals surface area (Å²) in [5, 5.41) is 12.0. The van der Waals surface area contributed by atoms with Gasteiger partial charge in [-0.05, 0) is 47.0 Å². The summed E-state index contributed by atoms with van der Waals surface area (Å²) in [5.74, 6) is 1.68. The lowest BCUT2D eigenvalue weighted by atomic mass is 10.0. The summed E-state index contributed by atoms with van der Waals surface area (Å²) in [7, 11) is 0. The molecule has 1 aromatic heterocycles. The van der Waals surface area contributed by atoms with Gasteiger partial charge < -0.3 is 5.73 Å². The minimum absolute atomic E-state index is 0.758. The lowest BCUT2D eigenvalue weighted by molar-refractivity contribution is 0.436. The van der Waals surface area contributed by atoms with Crippen LogP contribution in [0.4, 0.5) is 5.69 Å². The zero-order chi connectivity index (χ0) is 13.1. The molecule has 1 aromatic carbocycles. The Balaban J connectivity index is 1.72. The van der Waals surface area contributed by atoms with Gasteiger partial charge in [0.2, 0.25) is 0 Å². The predicted octanol–water partition coefficient (Wildman–Crippen LogP) is 2.50. The molecular weight excluding hydrogens is 238 g/mol. The van der Waals surface area contributed by atoms with Crippen molar-refractivity contribution in [2.45, 2.75) is 38.6 Å². The third kappa shape index (κ3) is 2.75. The molecule has 0 saturated heterocycles. The second-order valence-electron chi connectivity index (χ2n) is 5.29. The predicted molar refractivity (Wildman–Crippen MR) is 74.2 cm³/mol. The Hall–Kier alpha value is -1.91. The fourth-order valence-corrected chi connectivity index (χ4v) is 2.80. The Labute approximate surface area is 112 Å². The van der Waals surface area contributed by atoms with Gasteiger partial charge in [0.15, 0.2) is 5.82 Å². The smallest absolute Gasteiger partial charge is 0.182 e. The van der Waals surface area contributed by atoms with E-state index in [1.54, 1.807) is 0 Å². The SMILES string of the molecule is Nc1ccc(-c2nnnn2CCC2CCCC2)cc1. The largest absolute Gasteiger partial charge is 0.399 e. The first-order chi connectivity index (χ1) is 9.33. The molecule has 2 N–H and O–H groups in total. The molecule has 100 valence electrons. The fourth-order valence-electron chi connectivity index (χ4n) is 2.80. The Bertz CT molecular complexity index is 525. The number of rotatable bonds is 4. The summed E-state index contributed by atoms with van der Waals surface area (Å²) < 4.78 is 1.91.